The predicted octanol–water partition coefficient (Wildman–Crippen LogP) is 3.81. The molecule has 0 unspecified atom stereocenters. The molecule has 2 N–H and O–H groups in total. The lowest BCUT2D eigenvalue weighted by Crippen LogP contribution is -2.26. The Morgan fingerprint density at radius 3 is 2.50 bits per heavy atom. The van der Waals surface area contributed by atoms with Gasteiger partial charge in [0.25, 0.3) is 5.91 Å². The lowest BCUT2D eigenvalue weighted by molar-refractivity contribution is 0.0949. The van der Waals surface area contributed by atoms with Gasteiger partial charge in [-0.15, -0.1) is 0 Å². The van der Waals surface area contributed by atoms with Crippen molar-refractivity contribution in [2.75, 3.05) is 11.9 Å². The second kappa shape index (κ2) is 8.25. The van der Waals surface area contributed by atoms with E-state index in [4.69, 9.17) is 0 Å². The molecule has 0 radical (unpaired) electrons. The summed E-state index contributed by atoms with van der Waals surface area (Å²) in [5.74, 6) is 0.393. The number of hydrogen-bond donors (Lipinski definition) is 2. The number of aryl methyl sites for hydroxylation is 2. The lowest BCUT2D eigenvalue weighted by atomic mass is 10.1. The number of carbonyl (C=O) groups is 1. The Morgan fingerprint density at radius 2 is 1.81 bits per heavy atom. The SMILES string of the molecule is Cc1ccc(Nc2cnc(C(=O)NCCc3ccccc3)cn2)c(C)c1. The highest BCUT2D eigenvalue weighted by atomic mass is 16.1. The van der Waals surface area contributed by atoms with E-state index >= 15 is 0 Å². The number of amides is 1. The summed E-state index contributed by atoms with van der Waals surface area (Å²) in [4.78, 5) is 20.7. The molecule has 0 fully saturated rings. The van der Waals surface area contributed by atoms with Gasteiger partial charge in [0, 0.05) is 12.2 Å². The predicted molar refractivity (Wildman–Crippen MR) is 104 cm³/mol. The van der Waals surface area contributed by atoms with Crippen LogP contribution in [0.25, 0.3) is 0 Å². The van der Waals surface area contributed by atoms with Gasteiger partial charge in [0.05, 0.1) is 12.4 Å². The minimum absolute atomic E-state index is 0.216. The zero-order valence-corrected chi connectivity index (χ0v) is 15.0. The van der Waals surface area contributed by atoms with Gasteiger partial charge in [0.1, 0.15) is 11.5 Å². The number of aromatic nitrogens is 2. The Bertz CT molecular complexity index is 876. The molecule has 1 amide bonds. The van der Waals surface area contributed by atoms with E-state index in [0.29, 0.717) is 18.1 Å². The molecule has 1 aromatic heterocycles. The first kappa shape index (κ1) is 17.6. The molecule has 1 heterocycles. The number of carbonyl (C=O) groups excluding carboxylic acids is 1. The third-order valence-electron chi connectivity index (χ3n) is 4.07. The minimum Gasteiger partial charge on any atom is -0.350 e. The molecular weight excluding hydrogens is 324 g/mol. The molecule has 3 aromatic rings. The number of nitrogens with one attached hydrogen (secondary N) is 2. The van der Waals surface area contributed by atoms with E-state index in [9.17, 15) is 4.79 Å². The molecule has 2 aromatic carbocycles. The van der Waals surface area contributed by atoms with Crippen LogP contribution in [0, 0.1) is 13.8 Å². The standard InChI is InChI=1S/C21H22N4O/c1-15-8-9-18(16(2)12-15)25-20-14-23-19(13-24-20)21(26)22-11-10-17-6-4-3-5-7-17/h3-9,12-14H,10-11H2,1-2H3,(H,22,26)(H,24,25). The summed E-state index contributed by atoms with van der Waals surface area (Å²) in [6, 6.07) is 16.2. The number of anilines is 2. The Balaban J connectivity index is 1.55. The highest BCUT2D eigenvalue weighted by molar-refractivity contribution is 5.92. The van der Waals surface area contributed by atoms with E-state index in [1.807, 2.05) is 49.4 Å². The van der Waals surface area contributed by atoms with Crippen molar-refractivity contribution in [1.29, 1.82) is 0 Å². The normalized spacial score (nSPS) is 10.4. The number of hydrogen-bond acceptors (Lipinski definition) is 4. The zero-order valence-electron chi connectivity index (χ0n) is 15.0. The van der Waals surface area contributed by atoms with Gasteiger partial charge in [-0.2, -0.15) is 0 Å². The van der Waals surface area contributed by atoms with Crippen molar-refractivity contribution in [2.45, 2.75) is 20.3 Å². The summed E-state index contributed by atoms with van der Waals surface area (Å²) in [7, 11) is 0. The van der Waals surface area contributed by atoms with E-state index in [1.165, 1.54) is 17.3 Å². The molecule has 0 saturated carbocycles. The van der Waals surface area contributed by atoms with E-state index in [1.54, 1.807) is 6.20 Å². The Labute approximate surface area is 153 Å². The smallest absolute Gasteiger partial charge is 0.271 e. The van der Waals surface area contributed by atoms with Gasteiger partial charge in [0.2, 0.25) is 0 Å². The Morgan fingerprint density at radius 1 is 1.00 bits per heavy atom. The minimum atomic E-state index is -0.216. The van der Waals surface area contributed by atoms with Crippen molar-refractivity contribution in [3.05, 3.63) is 83.3 Å². The maximum Gasteiger partial charge on any atom is 0.271 e. The third-order valence-corrected chi connectivity index (χ3v) is 4.07. The molecule has 0 aliphatic rings. The van der Waals surface area contributed by atoms with Crippen molar-refractivity contribution in [2.24, 2.45) is 0 Å². The molecule has 26 heavy (non-hydrogen) atoms. The van der Waals surface area contributed by atoms with Crippen molar-refractivity contribution in [3.8, 4) is 0 Å². The summed E-state index contributed by atoms with van der Waals surface area (Å²) in [5.41, 5.74) is 4.82. The van der Waals surface area contributed by atoms with Gasteiger partial charge in [-0.3, -0.25) is 4.79 Å². The van der Waals surface area contributed by atoms with E-state index in [-0.39, 0.29) is 5.91 Å². The average molecular weight is 346 g/mol. The van der Waals surface area contributed by atoms with Crippen LogP contribution in [0.1, 0.15) is 27.2 Å². The fraction of sp³-hybridized carbons (Fsp3) is 0.190. The van der Waals surface area contributed by atoms with Gasteiger partial charge in [0.15, 0.2) is 0 Å². The summed E-state index contributed by atoms with van der Waals surface area (Å²) in [5, 5.41) is 6.09. The van der Waals surface area contributed by atoms with Crippen LogP contribution in [0.5, 0.6) is 0 Å². The number of benzene rings is 2. The van der Waals surface area contributed by atoms with Crippen molar-refractivity contribution >= 4 is 17.4 Å². The molecule has 0 atom stereocenters. The average Bonchev–Trinajstić information content (AvgIpc) is 2.65. The molecule has 5 heteroatoms. The van der Waals surface area contributed by atoms with Gasteiger partial charge in [-0.05, 0) is 37.5 Å². The first-order valence-electron chi connectivity index (χ1n) is 8.60. The summed E-state index contributed by atoms with van der Waals surface area (Å²) in [6.45, 7) is 4.66. The maximum absolute atomic E-state index is 12.2. The van der Waals surface area contributed by atoms with E-state index in [2.05, 4.69) is 33.6 Å². The highest BCUT2D eigenvalue weighted by Gasteiger charge is 2.08. The summed E-state index contributed by atoms with van der Waals surface area (Å²) >= 11 is 0. The van der Waals surface area contributed by atoms with Crippen LogP contribution in [0.2, 0.25) is 0 Å². The Hall–Kier alpha value is -3.21. The van der Waals surface area contributed by atoms with E-state index in [0.717, 1.165) is 17.7 Å². The van der Waals surface area contributed by atoms with Crippen molar-refractivity contribution < 1.29 is 4.79 Å². The number of nitrogens with zero attached hydrogens (tertiary/aromatic N) is 2. The van der Waals surface area contributed by atoms with Gasteiger partial charge >= 0.3 is 0 Å². The van der Waals surface area contributed by atoms with Crippen molar-refractivity contribution in [3.63, 3.8) is 0 Å². The largest absolute Gasteiger partial charge is 0.350 e. The van der Waals surface area contributed by atoms with Gasteiger partial charge in [-0.1, -0.05) is 48.0 Å². The molecule has 0 saturated heterocycles. The molecule has 3 rings (SSSR count). The van der Waals surface area contributed by atoms with Crippen LogP contribution in [-0.4, -0.2) is 22.4 Å². The van der Waals surface area contributed by atoms with Crippen LogP contribution in [0.3, 0.4) is 0 Å². The van der Waals surface area contributed by atoms with Crippen LogP contribution >= 0.6 is 0 Å². The summed E-state index contributed by atoms with van der Waals surface area (Å²) < 4.78 is 0. The quantitative estimate of drug-likeness (QED) is 0.712. The van der Waals surface area contributed by atoms with Crippen LogP contribution in [0.4, 0.5) is 11.5 Å². The van der Waals surface area contributed by atoms with Crippen LogP contribution in [0.15, 0.2) is 60.9 Å². The number of rotatable bonds is 6. The highest BCUT2D eigenvalue weighted by Crippen LogP contribution is 2.19. The van der Waals surface area contributed by atoms with Gasteiger partial charge < -0.3 is 10.6 Å². The molecule has 0 aliphatic heterocycles. The summed E-state index contributed by atoms with van der Waals surface area (Å²) in [6.07, 6.45) is 3.85. The molecule has 132 valence electrons. The second-order valence-electron chi connectivity index (χ2n) is 6.22. The van der Waals surface area contributed by atoms with Crippen molar-refractivity contribution in [1.82, 2.24) is 15.3 Å². The fourth-order valence-corrected chi connectivity index (χ4v) is 2.66. The molecule has 5 nitrogen and oxygen atoms in total. The molecule has 0 aliphatic carbocycles. The first-order chi connectivity index (χ1) is 12.6. The molecule has 0 spiro atoms. The maximum atomic E-state index is 12.2. The van der Waals surface area contributed by atoms with Gasteiger partial charge in [-0.25, -0.2) is 9.97 Å². The first-order valence-corrected chi connectivity index (χ1v) is 8.60. The lowest BCUT2D eigenvalue weighted by Gasteiger charge is -2.10. The topological polar surface area (TPSA) is 66.9 Å². The Kier molecular flexibility index (Phi) is 5.59. The molecular formula is C21H22N4O. The third kappa shape index (κ3) is 4.66. The van der Waals surface area contributed by atoms with Crippen LogP contribution in [-0.2, 0) is 6.42 Å². The monoisotopic (exact) mass is 346 g/mol. The van der Waals surface area contributed by atoms with E-state index < -0.39 is 0 Å². The van der Waals surface area contributed by atoms with Crippen LogP contribution < -0.4 is 10.6 Å². The molecule has 0 bridgehead atoms. The fourth-order valence-electron chi connectivity index (χ4n) is 2.66. The second-order valence-corrected chi connectivity index (χ2v) is 6.22. The zero-order chi connectivity index (χ0) is 18.4.